The predicted molar refractivity (Wildman–Crippen MR) is 122 cm³/mol. The molecule has 6 heteroatoms. The van der Waals surface area contributed by atoms with Gasteiger partial charge in [0.15, 0.2) is 0 Å². The monoisotopic (exact) mass is 427 g/mol. The number of amides is 1. The van der Waals surface area contributed by atoms with Crippen LogP contribution in [0.15, 0.2) is 72.8 Å². The number of nitriles is 1. The molecule has 0 aromatic heterocycles. The van der Waals surface area contributed by atoms with Crippen molar-refractivity contribution in [2.75, 3.05) is 31.6 Å². The predicted octanol–water partition coefficient (Wildman–Crippen LogP) is 4.22. The molecule has 0 saturated carbocycles. The maximum atomic E-state index is 12.8. The number of hydrogen-bond acceptors (Lipinski definition) is 5. The van der Waals surface area contributed by atoms with Gasteiger partial charge in [0.2, 0.25) is 0 Å². The Morgan fingerprint density at radius 3 is 2.62 bits per heavy atom. The van der Waals surface area contributed by atoms with Gasteiger partial charge in [0.1, 0.15) is 12.4 Å². The van der Waals surface area contributed by atoms with Gasteiger partial charge in [-0.15, -0.1) is 0 Å². The summed E-state index contributed by atoms with van der Waals surface area (Å²) < 4.78 is 11.2. The minimum absolute atomic E-state index is 0.160. The third kappa shape index (κ3) is 5.94. The number of morpholine rings is 1. The van der Waals surface area contributed by atoms with Crippen LogP contribution < -0.4 is 10.1 Å². The van der Waals surface area contributed by atoms with Gasteiger partial charge < -0.3 is 14.8 Å². The number of rotatable bonds is 7. The van der Waals surface area contributed by atoms with Crippen molar-refractivity contribution >= 4 is 11.6 Å². The van der Waals surface area contributed by atoms with Crippen molar-refractivity contribution in [3.05, 3.63) is 95.1 Å². The molecule has 1 saturated heterocycles. The number of nitrogens with one attached hydrogen (secondary N) is 1. The highest BCUT2D eigenvalue weighted by Gasteiger charge is 2.12. The summed E-state index contributed by atoms with van der Waals surface area (Å²) in [5, 5.41) is 12.0. The largest absolute Gasteiger partial charge is 0.489 e. The van der Waals surface area contributed by atoms with Crippen LogP contribution >= 0.6 is 0 Å². The molecule has 4 rings (SSSR count). The zero-order valence-corrected chi connectivity index (χ0v) is 17.8. The summed E-state index contributed by atoms with van der Waals surface area (Å²) in [5.74, 6) is 0.485. The van der Waals surface area contributed by atoms with Crippen LogP contribution in [0.25, 0.3) is 0 Å². The van der Waals surface area contributed by atoms with Gasteiger partial charge in [-0.1, -0.05) is 30.3 Å². The van der Waals surface area contributed by atoms with Crippen LogP contribution in [0.5, 0.6) is 5.75 Å². The highest BCUT2D eigenvalue weighted by atomic mass is 16.5. The molecule has 0 unspecified atom stereocenters. The number of ether oxygens (including phenoxy) is 2. The summed E-state index contributed by atoms with van der Waals surface area (Å²) in [6, 6.07) is 24.5. The van der Waals surface area contributed by atoms with Crippen molar-refractivity contribution in [3.63, 3.8) is 0 Å². The van der Waals surface area contributed by atoms with Gasteiger partial charge in [0.05, 0.1) is 24.8 Å². The normalized spacial score (nSPS) is 13.8. The molecule has 1 aliphatic rings. The van der Waals surface area contributed by atoms with Crippen LogP contribution in [0, 0.1) is 11.3 Å². The quantitative estimate of drug-likeness (QED) is 0.611. The highest BCUT2D eigenvalue weighted by Crippen LogP contribution is 2.20. The van der Waals surface area contributed by atoms with Gasteiger partial charge in [0, 0.05) is 37.0 Å². The first-order chi connectivity index (χ1) is 15.7. The summed E-state index contributed by atoms with van der Waals surface area (Å²) in [4.78, 5) is 15.1. The van der Waals surface area contributed by atoms with Crippen molar-refractivity contribution in [2.24, 2.45) is 0 Å². The van der Waals surface area contributed by atoms with Crippen molar-refractivity contribution < 1.29 is 14.3 Å². The smallest absolute Gasteiger partial charge is 0.255 e. The Balaban J connectivity index is 1.37. The molecular formula is C26H25N3O3. The van der Waals surface area contributed by atoms with Crippen LogP contribution in [-0.2, 0) is 17.9 Å². The molecule has 1 aliphatic heterocycles. The first-order valence-corrected chi connectivity index (χ1v) is 10.6. The van der Waals surface area contributed by atoms with Gasteiger partial charge in [0.25, 0.3) is 5.91 Å². The Morgan fingerprint density at radius 1 is 1.00 bits per heavy atom. The lowest BCUT2D eigenvalue weighted by Gasteiger charge is -2.26. The first-order valence-electron chi connectivity index (χ1n) is 10.6. The lowest BCUT2D eigenvalue weighted by Crippen LogP contribution is -2.35. The van der Waals surface area contributed by atoms with Crippen molar-refractivity contribution in [1.82, 2.24) is 4.90 Å². The molecule has 3 aromatic carbocycles. The number of carbonyl (C=O) groups is 1. The van der Waals surface area contributed by atoms with Crippen LogP contribution in [-0.4, -0.2) is 37.1 Å². The topological polar surface area (TPSA) is 74.6 Å². The van der Waals surface area contributed by atoms with Gasteiger partial charge in [-0.3, -0.25) is 9.69 Å². The molecular weight excluding hydrogens is 402 g/mol. The van der Waals surface area contributed by atoms with E-state index in [4.69, 9.17) is 14.7 Å². The molecule has 1 fully saturated rings. The summed E-state index contributed by atoms with van der Waals surface area (Å²) in [5.41, 5.74) is 3.90. The second kappa shape index (κ2) is 10.6. The molecule has 162 valence electrons. The number of benzene rings is 3. The summed E-state index contributed by atoms with van der Waals surface area (Å²) in [7, 11) is 0. The molecule has 0 spiro atoms. The first kappa shape index (κ1) is 21.6. The van der Waals surface area contributed by atoms with Gasteiger partial charge >= 0.3 is 0 Å². The van der Waals surface area contributed by atoms with E-state index < -0.39 is 0 Å². The molecule has 1 N–H and O–H groups in total. The van der Waals surface area contributed by atoms with E-state index in [0.29, 0.717) is 29.2 Å². The lowest BCUT2D eigenvalue weighted by atomic mass is 10.1. The average Bonchev–Trinajstić information content (AvgIpc) is 2.84. The fourth-order valence-corrected chi connectivity index (χ4v) is 3.59. The molecule has 32 heavy (non-hydrogen) atoms. The van der Waals surface area contributed by atoms with E-state index in [2.05, 4.69) is 16.3 Å². The summed E-state index contributed by atoms with van der Waals surface area (Å²) in [6.07, 6.45) is 0. The van der Waals surface area contributed by atoms with E-state index in [1.807, 2.05) is 54.6 Å². The molecule has 3 aromatic rings. The van der Waals surface area contributed by atoms with Crippen LogP contribution in [0.2, 0.25) is 0 Å². The lowest BCUT2D eigenvalue weighted by molar-refractivity contribution is 0.0342. The zero-order valence-electron chi connectivity index (χ0n) is 17.8. The van der Waals surface area contributed by atoms with E-state index in [0.717, 1.165) is 44.0 Å². The molecule has 1 amide bonds. The highest BCUT2D eigenvalue weighted by molar-refractivity contribution is 6.04. The molecule has 1 heterocycles. The van der Waals surface area contributed by atoms with E-state index in [1.54, 1.807) is 18.2 Å². The summed E-state index contributed by atoms with van der Waals surface area (Å²) >= 11 is 0. The molecule has 0 radical (unpaired) electrons. The molecule has 6 nitrogen and oxygen atoms in total. The second-order valence-electron chi connectivity index (χ2n) is 7.67. The van der Waals surface area contributed by atoms with Gasteiger partial charge in [-0.05, 0) is 47.5 Å². The number of carbonyl (C=O) groups excluding carboxylic acids is 1. The van der Waals surface area contributed by atoms with Crippen LogP contribution in [0.3, 0.4) is 0 Å². The fourth-order valence-electron chi connectivity index (χ4n) is 3.59. The van der Waals surface area contributed by atoms with Gasteiger partial charge in [-0.2, -0.15) is 5.26 Å². The maximum absolute atomic E-state index is 12.8. The van der Waals surface area contributed by atoms with E-state index >= 15 is 0 Å². The number of anilines is 1. The van der Waals surface area contributed by atoms with Gasteiger partial charge in [-0.25, -0.2) is 0 Å². The standard InChI is InChI=1S/C26H25N3O3/c27-17-20-4-1-6-22(14-20)19-32-25-9-3-8-24(16-25)28-26(30)23-7-2-5-21(15-23)18-29-10-12-31-13-11-29/h1-9,14-16H,10-13,18-19H2,(H,28,30). The summed E-state index contributed by atoms with van der Waals surface area (Å²) in [6.45, 7) is 4.47. The fraction of sp³-hybridized carbons (Fsp3) is 0.231. The third-order valence-electron chi connectivity index (χ3n) is 5.25. The number of nitrogens with zero attached hydrogens (tertiary/aromatic N) is 2. The maximum Gasteiger partial charge on any atom is 0.255 e. The minimum Gasteiger partial charge on any atom is -0.489 e. The van der Waals surface area contributed by atoms with Crippen LogP contribution in [0.1, 0.15) is 27.0 Å². The second-order valence-corrected chi connectivity index (χ2v) is 7.67. The minimum atomic E-state index is -0.160. The number of hydrogen-bond donors (Lipinski definition) is 1. The molecule has 0 atom stereocenters. The molecule has 0 aliphatic carbocycles. The SMILES string of the molecule is N#Cc1cccc(COc2cccc(NC(=O)c3cccc(CN4CCOCC4)c3)c2)c1. The van der Waals surface area contributed by atoms with E-state index in [1.165, 1.54) is 0 Å². The third-order valence-corrected chi connectivity index (χ3v) is 5.25. The van der Waals surface area contributed by atoms with Crippen LogP contribution in [0.4, 0.5) is 5.69 Å². The zero-order chi connectivity index (χ0) is 22.2. The van der Waals surface area contributed by atoms with Crippen molar-refractivity contribution in [1.29, 1.82) is 5.26 Å². The van der Waals surface area contributed by atoms with Crippen molar-refractivity contribution in [2.45, 2.75) is 13.2 Å². The Bertz CT molecular complexity index is 1120. The Morgan fingerprint density at radius 2 is 1.78 bits per heavy atom. The van der Waals surface area contributed by atoms with E-state index in [-0.39, 0.29) is 5.91 Å². The van der Waals surface area contributed by atoms with E-state index in [9.17, 15) is 4.79 Å². The van der Waals surface area contributed by atoms with Crippen molar-refractivity contribution in [3.8, 4) is 11.8 Å². The Hall–Kier alpha value is -3.66. The average molecular weight is 428 g/mol. The Labute approximate surface area is 188 Å². The Kier molecular flexibility index (Phi) is 7.13. The molecule has 0 bridgehead atoms.